The molecule has 2 heterocycles. The van der Waals surface area contributed by atoms with E-state index >= 15 is 0 Å². The van der Waals surface area contributed by atoms with Crippen LogP contribution in [0.2, 0.25) is 0 Å². The van der Waals surface area contributed by atoms with Crippen molar-refractivity contribution in [3.63, 3.8) is 0 Å². The van der Waals surface area contributed by atoms with Gasteiger partial charge in [-0.15, -0.1) is 0 Å². The number of aliphatic hydroxyl groups is 1. The zero-order valence-corrected chi connectivity index (χ0v) is 13.1. The SMILES string of the molecule is CC(=O)N1CC(O)C(N2CCN(C(=O)O)CC2)c2ccccc21. The molecule has 0 bridgehead atoms. The van der Waals surface area contributed by atoms with Crippen molar-refractivity contribution in [2.45, 2.75) is 19.1 Å². The fourth-order valence-electron chi connectivity index (χ4n) is 3.51. The number of amides is 2. The molecule has 1 aromatic rings. The van der Waals surface area contributed by atoms with E-state index < -0.39 is 12.2 Å². The first-order valence-corrected chi connectivity index (χ1v) is 7.76. The molecule has 2 unspecified atom stereocenters. The minimum Gasteiger partial charge on any atom is -0.465 e. The van der Waals surface area contributed by atoms with E-state index in [1.165, 1.54) is 11.8 Å². The summed E-state index contributed by atoms with van der Waals surface area (Å²) < 4.78 is 0. The van der Waals surface area contributed by atoms with Crippen LogP contribution in [0.3, 0.4) is 0 Å². The molecule has 7 heteroatoms. The zero-order valence-electron chi connectivity index (χ0n) is 13.1. The Bertz CT molecular complexity index is 613. The second kappa shape index (κ2) is 6.17. The van der Waals surface area contributed by atoms with Crippen LogP contribution in [0.1, 0.15) is 18.5 Å². The van der Waals surface area contributed by atoms with Gasteiger partial charge in [0.05, 0.1) is 18.7 Å². The maximum absolute atomic E-state index is 11.8. The highest BCUT2D eigenvalue weighted by Crippen LogP contribution is 2.37. The van der Waals surface area contributed by atoms with Crippen molar-refractivity contribution in [2.75, 3.05) is 37.6 Å². The van der Waals surface area contributed by atoms with E-state index in [0.29, 0.717) is 26.2 Å². The number of piperazine rings is 1. The number of nitrogens with zero attached hydrogens (tertiary/aromatic N) is 3. The maximum Gasteiger partial charge on any atom is 0.407 e. The van der Waals surface area contributed by atoms with Gasteiger partial charge in [-0.2, -0.15) is 0 Å². The van der Waals surface area contributed by atoms with Gasteiger partial charge >= 0.3 is 6.09 Å². The molecule has 7 nitrogen and oxygen atoms in total. The van der Waals surface area contributed by atoms with Crippen molar-refractivity contribution in [3.8, 4) is 0 Å². The molecular weight excluding hydrogens is 298 g/mol. The Hall–Kier alpha value is -2.12. The number of aliphatic hydroxyl groups excluding tert-OH is 1. The van der Waals surface area contributed by atoms with Crippen LogP contribution < -0.4 is 4.90 Å². The third kappa shape index (κ3) is 2.89. The highest BCUT2D eigenvalue weighted by Gasteiger charge is 2.38. The Kier molecular flexibility index (Phi) is 4.23. The van der Waals surface area contributed by atoms with Crippen molar-refractivity contribution >= 4 is 17.7 Å². The van der Waals surface area contributed by atoms with Gasteiger partial charge in [0.15, 0.2) is 0 Å². The summed E-state index contributed by atoms with van der Waals surface area (Å²) in [5.74, 6) is -0.0920. The first-order chi connectivity index (χ1) is 11.0. The molecule has 3 rings (SSSR count). The summed E-state index contributed by atoms with van der Waals surface area (Å²) in [5.41, 5.74) is 1.75. The molecule has 0 aromatic heterocycles. The van der Waals surface area contributed by atoms with Crippen LogP contribution in [0.25, 0.3) is 0 Å². The van der Waals surface area contributed by atoms with E-state index in [-0.39, 0.29) is 18.5 Å². The van der Waals surface area contributed by atoms with Gasteiger partial charge in [-0.1, -0.05) is 18.2 Å². The van der Waals surface area contributed by atoms with Gasteiger partial charge in [-0.25, -0.2) is 4.79 Å². The number of anilines is 1. The number of carboxylic acid groups (broad SMARTS) is 1. The van der Waals surface area contributed by atoms with Crippen molar-refractivity contribution in [1.29, 1.82) is 0 Å². The van der Waals surface area contributed by atoms with Gasteiger partial charge in [0, 0.05) is 38.8 Å². The number of β-amino-alcohol motifs (C(OH)–C–C–N with tert-alkyl or cyclic N) is 1. The predicted molar refractivity (Wildman–Crippen MR) is 84.4 cm³/mol. The Labute approximate surface area is 134 Å². The Morgan fingerprint density at radius 2 is 1.78 bits per heavy atom. The van der Waals surface area contributed by atoms with Gasteiger partial charge in [-0.3, -0.25) is 9.69 Å². The van der Waals surface area contributed by atoms with Gasteiger partial charge in [0.1, 0.15) is 0 Å². The normalized spacial score (nSPS) is 25.1. The molecule has 2 amide bonds. The van der Waals surface area contributed by atoms with Gasteiger partial charge in [0.2, 0.25) is 5.91 Å². The third-order valence-corrected chi connectivity index (χ3v) is 4.64. The number of benzene rings is 1. The lowest BCUT2D eigenvalue weighted by atomic mass is 9.92. The summed E-state index contributed by atoms with van der Waals surface area (Å²) in [6.07, 6.45) is -1.60. The molecule has 0 aliphatic carbocycles. The lowest BCUT2D eigenvalue weighted by molar-refractivity contribution is -0.117. The average Bonchev–Trinajstić information content (AvgIpc) is 2.54. The van der Waals surface area contributed by atoms with E-state index in [9.17, 15) is 14.7 Å². The van der Waals surface area contributed by atoms with Crippen molar-refractivity contribution in [3.05, 3.63) is 29.8 Å². The first kappa shape index (κ1) is 15.8. The second-order valence-corrected chi connectivity index (χ2v) is 6.01. The summed E-state index contributed by atoms with van der Waals surface area (Å²) in [6, 6.07) is 7.39. The monoisotopic (exact) mass is 319 g/mol. The molecule has 1 aromatic carbocycles. The molecule has 1 fully saturated rings. The van der Waals surface area contributed by atoms with Crippen LogP contribution in [0.5, 0.6) is 0 Å². The quantitative estimate of drug-likeness (QED) is 0.798. The number of carbonyl (C=O) groups is 2. The summed E-state index contributed by atoms with van der Waals surface area (Å²) >= 11 is 0. The molecule has 2 atom stereocenters. The fourth-order valence-corrected chi connectivity index (χ4v) is 3.51. The van der Waals surface area contributed by atoms with E-state index in [1.54, 1.807) is 4.90 Å². The predicted octanol–water partition coefficient (Wildman–Crippen LogP) is 0.751. The minimum absolute atomic E-state index is 0.0920. The van der Waals surface area contributed by atoms with E-state index in [0.717, 1.165) is 11.3 Å². The number of rotatable bonds is 1. The summed E-state index contributed by atoms with van der Waals surface area (Å²) in [6.45, 7) is 3.75. The molecule has 0 radical (unpaired) electrons. The standard InChI is InChI=1S/C16H21N3O4/c1-11(20)19-10-14(21)15(12-4-2-3-5-13(12)19)17-6-8-18(9-7-17)16(22)23/h2-5,14-15,21H,6-10H2,1H3,(H,22,23). The first-order valence-electron chi connectivity index (χ1n) is 7.76. The Balaban J connectivity index is 1.86. The molecule has 2 aliphatic heterocycles. The Morgan fingerprint density at radius 3 is 2.39 bits per heavy atom. The maximum atomic E-state index is 11.8. The number of carbonyl (C=O) groups excluding carboxylic acids is 1. The van der Waals surface area contributed by atoms with Gasteiger partial charge < -0.3 is 20.0 Å². The topological polar surface area (TPSA) is 84.3 Å². The van der Waals surface area contributed by atoms with E-state index in [4.69, 9.17) is 5.11 Å². The van der Waals surface area contributed by atoms with Crippen LogP contribution in [-0.2, 0) is 4.79 Å². The summed E-state index contributed by atoms with van der Waals surface area (Å²) in [5, 5.41) is 19.7. The largest absolute Gasteiger partial charge is 0.465 e. The molecule has 2 N–H and O–H groups in total. The van der Waals surface area contributed by atoms with Crippen LogP contribution in [0, 0.1) is 0 Å². The summed E-state index contributed by atoms with van der Waals surface area (Å²) in [4.78, 5) is 28.0. The van der Waals surface area contributed by atoms with Crippen LogP contribution >= 0.6 is 0 Å². The van der Waals surface area contributed by atoms with Crippen molar-refractivity contribution < 1.29 is 19.8 Å². The number of hydrogen-bond acceptors (Lipinski definition) is 4. The van der Waals surface area contributed by atoms with Gasteiger partial charge in [0.25, 0.3) is 0 Å². The highest BCUT2D eigenvalue weighted by atomic mass is 16.4. The molecule has 2 aliphatic rings. The average molecular weight is 319 g/mol. The van der Waals surface area contributed by atoms with Crippen LogP contribution in [-0.4, -0.2) is 70.8 Å². The summed E-state index contributed by atoms with van der Waals surface area (Å²) in [7, 11) is 0. The van der Waals surface area contributed by atoms with Crippen LogP contribution in [0.15, 0.2) is 24.3 Å². The molecule has 0 saturated carbocycles. The van der Waals surface area contributed by atoms with Crippen molar-refractivity contribution in [2.24, 2.45) is 0 Å². The molecular formula is C16H21N3O4. The second-order valence-electron chi connectivity index (χ2n) is 6.01. The molecule has 0 spiro atoms. The number of hydrogen-bond donors (Lipinski definition) is 2. The minimum atomic E-state index is -0.906. The van der Waals surface area contributed by atoms with E-state index in [2.05, 4.69) is 4.90 Å². The molecule has 23 heavy (non-hydrogen) atoms. The van der Waals surface area contributed by atoms with Crippen molar-refractivity contribution in [1.82, 2.24) is 9.80 Å². The Morgan fingerprint density at radius 1 is 1.13 bits per heavy atom. The van der Waals surface area contributed by atoms with Gasteiger partial charge in [-0.05, 0) is 11.6 Å². The number of para-hydroxylation sites is 1. The lowest BCUT2D eigenvalue weighted by Gasteiger charge is -2.45. The van der Waals surface area contributed by atoms with Crippen LogP contribution in [0.4, 0.5) is 10.5 Å². The van der Waals surface area contributed by atoms with E-state index in [1.807, 2.05) is 24.3 Å². The number of fused-ring (bicyclic) bond motifs is 1. The fraction of sp³-hybridized carbons (Fsp3) is 0.500. The zero-order chi connectivity index (χ0) is 16.6. The lowest BCUT2D eigenvalue weighted by Crippen LogP contribution is -2.55. The highest BCUT2D eigenvalue weighted by molar-refractivity contribution is 5.93. The molecule has 124 valence electrons. The molecule has 1 saturated heterocycles. The smallest absolute Gasteiger partial charge is 0.407 e. The third-order valence-electron chi connectivity index (χ3n) is 4.64.